The van der Waals surface area contributed by atoms with Gasteiger partial charge in [-0.3, -0.25) is 0 Å². The van der Waals surface area contributed by atoms with Gasteiger partial charge in [0.25, 0.3) is 0 Å². The summed E-state index contributed by atoms with van der Waals surface area (Å²) in [7, 11) is 0. The quantitative estimate of drug-likeness (QED) is 0.414. The highest BCUT2D eigenvalue weighted by atomic mass is 32.1. The Morgan fingerprint density at radius 3 is 2.57 bits per heavy atom. The molecule has 7 heavy (non-hydrogen) atoms. The van der Waals surface area contributed by atoms with Crippen molar-refractivity contribution in [3.8, 4) is 0 Å². The molecule has 0 rings (SSSR count). The summed E-state index contributed by atoms with van der Waals surface area (Å²) in [5.41, 5.74) is 5.28. The zero-order chi connectivity index (χ0) is 5.70. The van der Waals surface area contributed by atoms with Gasteiger partial charge in [-0.25, -0.2) is 0 Å². The van der Waals surface area contributed by atoms with E-state index in [1.165, 1.54) is 0 Å². The Labute approximate surface area is 49.4 Å². The SMILES string of the molecule is CCOC(N)CS. The van der Waals surface area contributed by atoms with Gasteiger partial charge in [-0.1, -0.05) is 0 Å². The molecular formula is C4H11NOS. The van der Waals surface area contributed by atoms with Crippen LogP contribution in [-0.2, 0) is 4.74 Å². The van der Waals surface area contributed by atoms with Gasteiger partial charge in [0, 0.05) is 12.4 Å². The molecule has 1 atom stereocenters. The first kappa shape index (κ1) is 7.27. The lowest BCUT2D eigenvalue weighted by atomic mass is 10.7. The summed E-state index contributed by atoms with van der Waals surface area (Å²) in [5, 5.41) is 0. The minimum atomic E-state index is -0.187. The van der Waals surface area contributed by atoms with E-state index in [1.807, 2.05) is 6.92 Å². The third-order valence-electron chi connectivity index (χ3n) is 0.561. The fourth-order valence-electron chi connectivity index (χ4n) is 0.267. The predicted molar refractivity (Wildman–Crippen MR) is 33.5 cm³/mol. The molecule has 0 aliphatic heterocycles. The van der Waals surface area contributed by atoms with E-state index in [4.69, 9.17) is 10.5 Å². The van der Waals surface area contributed by atoms with Crippen molar-refractivity contribution in [1.82, 2.24) is 0 Å². The minimum Gasteiger partial charge on any atom is -0.363 e. The van der Waals surface area contributed by atoms with Crippen molar-refractivity contribution in [2.24, 2.45) is 5.73 Å². The summed E-state index contributed by atoms with van der Waals surface area (Å²) in [6.45, 7) is 2.57. The van der Waals surface area contributed by atoms with Crippen LogP contribution in [0.25, 0.3) is 0 Å². The maximum absolute atomic E-state index is 5.28. The zero-order valence-corrected chi connectivity index (χ0v) is 5.32. The lowest BCUT2D eigenvalue weighted by Gasteiger charge is -2.05. The first-order chi connectivity index (χ1) is 3.31. The summed E-state index contributed by atoms with van der Waals surface area (Å²) in [5.74, 6) is 0.591. The molecule has 0 aromatic heterocycles. The Bertz CT molecular complexity index is 42.7. The number of rotatable bonds is 3. The van der Waals surface area contributed by atoms with Gasteiger partial charge >= 0.3 is 0 Å². The lowest BCUT2D eigenvalue weighted by molar-refractivity contribution is 0.0849. The van der Waals surface area contributed by atoms with Crippen LogP contribution in [0.3, 0.4) is 0 Å². The van der Waals surface area contributed by atoms with E-state index in [-0.39, 0.29) is 6.23 Å². The molecule has 0 fully saturated rings. The molecule has 0 aliphatic carbocycles. The molecule has 0 aliphatic rings. The second-order valence-corrected chi connectivity index (χ2v) is 1.54. The lowest BCUT2D eigenvalue weighted by Crippen LogP contribution is -2.25. The number of hydrogen-bond acceptors (Lipinski definition) is 3. The Morgan fingerprint density at radius 2 is 2.43 bits per heavy atom. The molecule has 3 heteroatoms. The van der Waals surface area contributed by atoms with Crippen LogP contribution in [0.4, 0.5) is 0 Å². The monoisotopic (exact) mass is 121 g/mol. The van der Waals surface area contributed by atoms with Crippen LogP contribution in [0.1, 0.15) is 6.92 Å². The minimum absolute atomic E-state index is 0.187. The van der Waals surface area contributed by atoms with Gasteiger partial charge in [0.1, 0.15) is 6.23 Å². The van der Waals surface area contributed by atoms with Crippen LogP contribution in [0.2, 0.25) is 0 Å². The van der Waals surface area contributed by atoms with E-state index in [1.54, 1.807) is 0 Å². The molecule has 0 aromatic rings. The predicted octanol–water partition coefficient (Wildman–Crippen LogP) is 0.238. The summed E-state index contributed by atoms with van der Waals surface area (Å²) >= 11 is 3.90. The smallest absolute Gasteiger partial charge is 0.114 e. The molecule has 0 bridgehead atoms. The molecule has 1 unspecified atom stereocenters. The third-order valence-corrected chi connectivity index (χ3v) is 0.921. The van der Waals surface area contributed by atoms with Crippen molar-refractivity contribution >= 4 is 12.6 Å². The van der Waals surface area contributed by atoms with Gasteiger partial charge in [-0.15, -0.1) is 0 Å². The Balaban J connectivity index is 2.83. The highest BCUT2D eigenvalue weighted by Gasteiger charge is 1.92. The van der Waals surface area contributed by atoms with E-state index >= 15 is 0 Å². The zero-order valence-electron chi connectivity index (χ0n) is 4.42. The fourth-order valence-corrected chi connectivity index (χ4v) is 0.372. The summed E-state index contributed by atoms with van der Waals surface area (Å²) in [6, 6.07) is 0. The first-order valence-electron chi connectivity index (χ1n) is 2.29. The summed E-state index contributed by atoms with van der Waals surface area (Å²) in [4.78, 5) is 0. The van der Waals surface area contributed by atoms with Crippen LogP contribution in [0.15, 0.2) is 0 Å². The molecule has 2 N–H and O–H groups in total. The van der Waals surface area contributed by atoms with Gasteiger partial charge < -0.3 is 10.5 Å². The maximum atomic E-state index is 5.28. The van der Waals surface area contributed by atoms with Gasteiger partial charge in [-0.05, 0) is 6.92 Å². The van der Waals surface area contributed by atoms with Crippen LogP contribution < -0.4 is 5.73 Å². The van der Waals surface area contributed by atoms with Crippen molar-refractivity contribution in [2.75, 3.05) is 12.4 Å². The van der Waals surface area contributed by atoms with E-state index in [0.717, 1.165) is 0 Å². The van der Waals surface area contributed by atoms with Gasteiger partial charge in [0.2, 0.25) is 0 Å². The molecule has 44 valence electrons. The first-order valence-corrected chi connectivity index (χ1v) is 2.92. The summed E-state index contributed by atoms with van der Waals surface area (Å²) in [6.07, 6.45) is -0.187. The molecule has 0 aromatic carbocycles. The largest absolute Gasteiger partial charge is 0.363 e. The van der Waals surface area contributed by atoms with Crippen molar-refractivity contribution in [3.05, 3.63) is 0 Å². The molecular weight excluding hydrogens is 110 g/mol. The number of ether oxygens (including phenoxy) is 1. The van der Waals surface area contributed by atoms with Gasteiger partial charge in [-0.2, -0.15) is 12.6 Å². The van der Waals surface area contributed by atoms with E-state index < -0.39 is 0 Å². The third kappa shape index (κ3) is 4.12. The van der Waals surface area contributed by atoms with Crippen molar-refractivity contribution in [3.63, 3.8) is 0 Å². The topological polar surface area (TPSA) is 35.2 Å². The molecule has 0 radical (unpaired) electrons. The molecule has 0 heterocycles. The molecule has 0 spiro atoms. The van der Waals surface area contributed by atoms with Crippen LogP contribution in [0.5, 0.6) is 0 Å². The second kappa shape index (κ2) is 4.43. The molecule has 2 nitrogen and oxygen atoms in total. The second-order valence-electron chi connectivity index (χ2n) is 1.18. The van der Waals surface area contributed by atoms with Crippen molar-refractivity contribution in [1.29, 1.82) is 0 Å². The normalized spacial score (nSPS) is 14.1. The van der Waals surface area contributed by atoms with E-state index in [0.29, 0.717) is 12.4 Å². The maximum Gasteiger partial charge on any atom is 0.114 e. The molecule has 0 saturated heterocycles. The average molecular weight is 121 g/mol. The van der Waals surface area contributed by atoms with E-state index in [9.17, 15) is 0 Å². The molecule has 0 saturated carbocycles. The number of thiol groups is 1. The van der Waals surface area contributed by atoms with Crippen molar-refractivity contribution in [2.45, 2.75) is 13.2 Å². The fraction of sp³-hybridized carbons (Fsp3) is 1.00. The molecule has 0 amide bonds. The Hall–Kier alpha value is 0.270. The number of nitrogens with two attached hydrogens (primary N) is 1. The van der Waals surface area contributed by atoms with Gasteiger partial charge in [0.15, 0.2) is 0 Å². The Morgan fingerprint density at radius 1 is 1.86 bits per heavy atom. The van der Waals surface area contributed by atoms with E-state index in [2.05, 4.69) is 12.6 Å². The highest BCUT2D eigenvalue weighted by Crippen LogP contribution is 1.83. The van der Waals surface area contributed by atoms with Crippen molar-refractivity contribution < 1.29 is 4.74 Å². The average Bonchev–Trinajstić information content (AvgIpc) is 1.68. The summed E-state index contributed by atoms with van der Waals surface area (Å²) < 4.78 is 4.89. The van der Waals surface area contributed by atoms with Crippen LogP contribution in [0, 0.1) is 0 Å². The Kier molecular flexibility index (Phi) is 4.60. The van der Waals surface area contributed by atoms with Crippen LogP contribution >= 0.6 is 12.6 Å². The van der Waals surface area contributed by atoms with Gasteiger partial charge in [0.05, 0.1) is 0 Å². The van der Waals surface area contributed by atoms with Crippen LogP contribution in [-0.4, -0.2) is 18.6 Å². The highest BCUT2D eigenvalue weighted by molar-refractivity contribution is 7.80. The number of hydrogen-bond donors (Lipinski definition) is 2. The standard InChI is InChI=1S/C4H11NOS/c1-2-6-4(5)3-7/h4,7H,2-3,5H2,1H3.